The molecule has 6 rings (SSSR count). The lowest BCUT2D eigenvalue weighted by Gasteiger charge is -2.40. The van der Waals surface area contributed by atoms with Crippen molar-refractivity contribution in [1.29, 1.82) is 0 Å². The summed E-state index contributed by atoms with van der Waals surface area (Å²) in [5.41, 5.74) is 2.15. The van der Waals surface area contributed by atoms with E-state index < -0.39 is 55.6 Å². The highest BCUT2D eigenvalue weighted by Gasteiger charge is 2.50. The number of fused-ring (bicyclic) bond motifs is 6. The van der Waals surface area contributed by atoms with Crippen LogP contribution < -0.4 is 14.8 Å². The first-order chi connectivity index (χ1) is 19.1. The fraction of sp³-hybridized carbons (Fsp3) is 0.357. The summed E-state index contributed by atoms with van der Waals surface area (Å²) >= 11 is 0. The number of alkyl halides is 3. The summed E-state index contributed by atoms with van der Waals surface area (Å²) in [6.07, 6.45) is -11.8. The standard InChI is InChI=1S/C28H26F3NO8/c29-27(30,31)13-32-15-5-7-18-20(9-15)39-21-10-16(38-26-25(36)24(35)23(34)22(11-33)40-26)6-8-19(21)28(18)17-4-2-1-3-14(17)12-37-28/h1-10,22-26,32-36H,11-13H2/t22-,23-,24+,25+,26+,28?/m1/s1. The van der Waals surface area contributed by atoms with Crippen LogP contribution in [0.25, 0.3) is 0 Å². The van der Waals surface area contributed by atoms with Gasteiger partial charge in [0.05, 0.1) is 13.2 Å². The first-order valence-corrected chi connectivity index (χ1v) is 12.6. The van der Waals surface area contributed by atoms with Crippen molar-refractivity contribution in [2.24, 2.45) is 0 Å². The Hall–Kier alpha value is -3.39. The van der Waals surface area contributed by atoms with E-state index in [9.17, 15) is 33.6 Å². The Morgan fingerprint density at radius 1 is 0.900 bits per heavy atom. The van der Waals surface area contributed by atoms with Crippen LogP contribution in [0.1, 0.15) is 22.3 Å². The van der Waals surface area contributed by atoms with E-state index in [1.165, 1.54) is 12.1 Å². The summed E-state index contributed by atoms with van der Waals surface area (Å²) in [4.78, 5) is 0. The number of hydrogen-bond donors (Lipinski definition) is 5. The normalized spacial score (nSPS) is 28.8. The van der Waals surface area contributed by atoms with Gasteiger partial charge >= 0.3 is 6.18 Å². The first-order valence-electron chi connectivity index (χ1n) is 12.6. The zero-order valence-corrected chi connectivity index (χ0v) is 20.8. The molecule has 0 aromatic heterocycles. The summed E-state index contributed by atoms with van der Waals surface area (Å²) in [5, 5.41) is 42.4. The van der Waals surface area contributed by atoms with E-state index in [0.717, 1.165) is 11.1 Å². The third-order valence-electron chi connectivity index (χ3n) is 7.35. The maximum absolute atomic E-state index is 12.8. The molecule has 212 valence electrons. The summed E-state index contributed by atoms with van der Waals surface area (Å²) < 4.78 is 62.4. The second kappa shape index (κ2) is 9.91. The second-order valence-electron chi connectivity index (χ2n) is 9.88. The monoisotopic (exact) mass is 561 g/mol. The largest absolute Gasteiger partial charge is 0.462 e. The number of benzene rings is 3. The van der Waals surface area contributed by atoms with E-state index in [1.807, 2.05) is 24.3 Å². The minimum atomic E-state index is -4.41. The van der Waals surface area contributed by atoms with Gasteiger partial charge in [-0.05, 0) is 35.4 Å². The Morgan fingerprint density at radius 3 is 2.38 bits per heavy atom. The molecule has 3 aromatic carbocycles. The molecule has 40 heavy (non-hydrogen) atoms. The van der Waals surface area contributed by atoms with Gasteiger partial charge in [-0.3, -0.25) is 0 Å². The predicted octanol–water partition coefficient (Wildman–Crippen LogP) is 2.77. The van der Waals surface area contributed by atoms with Crippen molar-refractivity contribution in [2.75, 3.05) is 18.5 Å². The van der Waals surface area contributed by atoms with Crippen LogP contribution in [0.15, 0.2) is 60.7 Å². The average Bonchev–Trinajstić information content (AvgIpc) is 3.31. The van der Waals surface area contributed by atoms with E-state index in [-0.39, 0.29) is 17.2 Å². The van der Waals surface area contributed by atoms with Crippen LogP contribution in [0.4, 0.5) is 18.9 Å². The first kappa shape index (κ1) is 26.8. The number of halogens is 3. The zero-order valence-electron chi connectivity index (χ0n) is 20.8. The van der Waals surface area contributed by atoms with Gasteiger partial charge in [0.2, 0.25) is 6.29 Å². The number of aliphatic hydroxyl groups excluding tert-OH is 4. The van der Waals surface area contributed by atoms with E-state index in [1.54, 1.807) is 24.3 Å². The fourth-order valence-electron chi connectivity index (χ4n) is 5.42. The molecule has 3 heterocycles. The summed E-state index contributed by atoms with van der Waals surface area (Å²) in [6.45, 7) is -1.53. The molecule has 0 amide bonds. The Kier molecular flexibility index (Phi) is 6.64. The van der Waals surface area contributed by atoms with Crippen LogP contribution in [-0.4, -0.2) is 70.5 Å². The van der Waals surface area contributed by atoms with Crippen molar-refractivity contribution in [2.45, 2.75) is 49.1 Å². The van der Waals surface area contributed by atoms with E-state index in [0.29, 0.717) is 23.5 Å². The minimum Gasteiger partial charge on any atom is -0.462 e. The van der Waals surface area contributed by atoms with E-state index >= 15 is 0 Å². The van der Waals surface area contributed by atoms with E-state index in [4.69, 9.17) is 18.9 Å². The molecule has 1 fully saturated rings. The third kappa shape index (κ3) is 4.46. The number of ether oxygens (including phenoxy) is 4. The molecule has 0 radical (unpaired) electrons. The van der Waals surface area contributed by atoms with Crippen molar-refractivity contribution in [3.05, 3.63) is 82.9 Å². The molecule has 1 spiro atoms. The van der Waals surface area contributed by atoms with Crippen LogP contribution in [-0.2, 0) is 21.7 Å². The molecule has 0 aliphatic carbocycles. The van der Waals surface area contributed by atoms with Gasteiger partial charge in [-0.1, -0.05) is 24.3 Å². The maximum Gasteiger partial charge on any atom is 0.405 e. The van der Waals surface area contributed by atoms with Gasteiger partial charge < -0.3 is 44.7 Å². The molecule has 0 bridgehead atoms. The predicted molar refractivity (Wildman–Crippen MR) is 133 cm³/mol. The highest BCUT2D eigenvalue weighted by molar-refractivity contribution is 5.67. The lowest BCUT2D eigenvalue weighted by atomic mass is 9.77. The topological polar surface area (TPSA) is 130 Å². The van der Waals surface area contributed by atoms with Crippen molar-refractivity contribution >= 4 is 5.69 Å². The van der Waals surface area contributed by atoms with Gasteiger partial charge in [-0.15, -0.1) is 0 Å². The molecule has 3 aliphatic rings. The molecule has 12 heteroatoms. The third-order valence-corrected chi connectivity index (χ3v) is 7.35. The Bertz CT molecular complexity index is 1420. The SMILES string of the molecule is OC[C@H]1O[C@H](Oc2ccc3c(c2)Oc2cc(NCC(F)(F)F)ccc2C32OCc3ccccc32)[C@@H](O)[C@@H](O)[C@@H]1O. The molecule has 3 aliphatic heterocycles. The number of anilines is 1. The van der Waals surface area contributed by atoms with Crippen LogP contribution in [0.3, 0.4) is 0 Å². The molecule has 3 aromatic rings. The second-order valence-corrected chi connectivity index (χ2v) is 9.88. The average molecular weight is 562 g/mol. The molecule has 1 unspecified atom stereocenters. The lowest BCUT2D eigenvalue weighted by Crippen LogP contribution is -2.60. The van der Waals surface area contributed by atoms with Crippen molar-refractivity contribution < 1.29 is 52.5 Å². The smallest absolute Gasteiger partial charge is 0.405 e. The van der Waals surface area contributed by atoms with Gasteiger partial charge in [-0.2, -0.15) is 13.2 Å². The Labute approximate surface area is 226 Å². The maximum atomic E-state index is 12.8. The van der Waals surface area contributed by atoms with Crippen molar-refractivity contribution in [1.82, 2.24) is 0 Å². The molecule has 1 saturated heterocycles. The van der Waals surface area contributed by atoms with Gasteiger partial charge in [-0.25, -0.2) is 0 Å². The summed E-state index contributed by atoms with van der Waals surface area (Å²) in [6, 6.07) is 17.2. The lowest BCUT2D eigenvalue weighted by molar-refractivity contribution is -0.277. The highest BCUT2D eigenvalue weighted by Crippen LogP contribution is 2.57. The zero-order chi connectivity index (χ0) is 28.2. The number of rotatable bonds is 5. The molecule has 0 saturated carbocycles. The number of nitrogens with one attached hydrogen (secondary N) is 1. The minimum absolute atomic E-state index is 0.166. The molecule has 6 atom stereocenters. The van der Waals surface area contributed by atoms with Gasteiger partial charge in [0.25, 0.3) is 0 Å². The highest BCUT2D eigenvalue weighted by atomic mass is 19.4. The number of aliphatic hydroxyl groups is 4. The fourth-order valence-corrected chi connectivity index (χ4v) is 5.42. The Balaban J connectivity index is 1.39. The summed E-state index contributed by atoms with van der Waals surface area (Å²) in [5.74, 6) is 0.736. The van der Waals surface area contributed by atoms with Gasteiger partial charge in [0.1, 0.15) is 48.2 Å². The summed E-state index contributed by atoms with van der Waals surface area (Å²) in [7, 11) is 0. The van der Waals surface area contributed by atoms with Crippen LogP contribution in [0.5, 0.6) is 17.2 Å². The van der Waals surface area contributed by atoms with Crippen LogP contribution in [0.2, 0.25) is 0 Å². The molecular weight excluding hydrogens is 535 g/mol. The van der Waals surface area contributed by atoms with Crippen molar-refractivity contribution in [3.63, 3.8) is 0 Å². The number of hydrogen-bond acceptors (Lipinski definition) is 9. The van der Waals surface area contributed by atoms with Gasteiger partial charge in [0, 0.05) is 28.9 Å². The van der Waals surface area contributed by atoms with Crippen LogP contribution in [0, 0.1) is 0 Å². The molecule has 9 nitrogen and oxygen atoms in total. The van der Waals surface area contributed by atoms with E-state index in [2.05, 4.69) is 5.32 Å². The quantitative estimate of drug-likeness (QED) is 0.319. The molecular formula is C28H26F3NO8. The molecule has 5 N–H and O–H groups in total. The Morgan fingerprint density at radius 2 is 1.62 bits per heavy atom. The van der Waals surface area contributed by atoms with Gasteiger partial charge in [0.15, 0.2) is 5.60 Å². The van der Waals surface area contributed by atoms with Crippen molar-refractivity contribution in [3.8, 4) is 17.2 Å². The van der Waals surface area contributed by atoms with Crippen LogP contribution >= 0.6 is 0 Å².